The number of hydrogen-bond acceptors (Lipinski definition) is 5. The minimum absolute atomic E-state index is 0.104. The van der Waals surface area contributed by atoms with Crippen molar-refractivity contribution in [2.45, 2.75) is 12.3 Å². The molecule has 1 aromatic heterocycles. The molecule has 5 nitrogen and oxygen atoms in total. The number of halogens is 2. The van der Waals surface area contributed by atoms with Gasteiger partial charge in [0.1, 0.15) is 5.82 Å². The van der Waals surface area contributed by atoms with Gasteiger partial charge in [-0.15, -0.1) is 11.8 Å². The molecule has 1 amide bonds. The molecule has 0 saturated carbocycles. The maximum Gasteiger partial charge on any atom is 0.236 e. The Morgan fingerprint density at radius 2 is 1.96 bits per heavy atom. The molecule has 0 aliphatic heterocycles. The predicted octanol–water partition coefficient (Wildman–Crippen LogP) is 4.08. The number of carbonyl (C=O) groups is 1. The van der Waals surface area contributed by atoms with E-state index in [9.17, 15) is 9.18 Å². The highest BCUT2D eigenvalue weighted by atomic mass is 35.5. The summed E-state index contributed by atoms with van der Waals surface area (Å²) in [4.78, 5) is 16.1. The van der Waals surface area contributed by atoms with E-state index in [0.717, 1.165) is 5.56 Å². The standard InChI is InChI=1S/C18H15ClFN3O2S/c19-15-4-2-1-3-13(15)9-21-16(24)10-26-11-17-22-18(23-25-17)12-5-7-14(20)8-6-12/h1-8H,9-11H2,(H,21,24). The number of amides is 1. The van der Waals surface area contributed by atoms with Crippen molar-refractivity contribution >= 4 is 29.3 Å². The highest BCUT2D eigenvalue weighted by Crippen LogP contribution is 2.18. The molecular weight excluding hydrogens is 377 g/mol. The first kappa shape index (κ1) is 18.4. The van der Waals surface area contributed by atoms with Gasteiger partial charge < -0.3 is 9.84 Å². The average molecular weight is 392 g/mol. The summed E-state index contributed by atoms with van der Waals surface area (Å²) in [6.45, 7) is 0.383. The fraction of sp³-hybridized carbons (Fsp3) is 0.167. The molecule has 134 valence electrons. The summed E-state index contributed by atoms with van der Waals surface area (Å²) >= 11 is 7.41. The van der Waals surface area contributed by atoms with Crippen LogP contribution in [0.4, 0.5) is 4.39 Å². The van der Waals surface area contributed by atoms with E-state index in [1.807, 2.05) is 18.2 Å². The van der Waals surface area contributed by atoms with Crippen LogP contribution in [0.15, 0.2) is 53.1 Å². The molecule has 0 atom stereocenters. The van der Waals surface area contributed by atoms with Gasteiger partial charge in [0.05, 0.1) is 11.5 Å². The molecule has 0 aliphatic carbocycles. The van der Waals surface area contributed by atoms with Crippen molar-refractivity contribution < 1.29 is 13.7 Å². The molecule has 0 spiro atoms. The number of thioether (sulfide) groups is 1. The number of nitrogens with zero attached hydrogens (tertiary/aromatic N) is 2. The Labute approximate surface area is 158 Å². The van der Waals surface area contributed by atoms with Gasteiger partial charge in [0.2, 0.25) is 17.6 Å². The lowest BCUT2D eigenvalue weighted by Crippen LogP contribution is -2.24. The molecule has 0 unspecified atom stereocenters. The zero-order valence-electron chi connectivity index (χ0n) is 13.6. The lowest BCUT2D eigenvalue weighted by atomic mass is 10.2. The van der Waals surface area contributed by atoms with Gasteiger partial charge in [0, 0.05) is 17.1 Å². The highest BCUT2D eigenvalue weighted by Gasteiger charge is 2.10. The Balaban J connectivity index is 1.44. The molecule has 3 aromatic rings. The molecule has 1 N–H and O–H groups in total. The number of aromatic nitrogens is 2. The van der Waals surface area contributed by atoms with E-state index < -0.39 is 0 Å². The van der Waals surface area contributed by atoms with Gasteiger partial charge in [-0.25, -0.2) is 4.39 Å². The smallest absolute Gasteiger partial charge is 0.236 e. The Kier molecular flexibility index (Phi) is 6.25. The molecule has 0 aliphatic rings. The van der Waals surface area contributed by atoms with Crippen LogP contribution in [0.5, 0.6) is 0 Å². The van der Waals surface area contributed by atoms with E-state index in [1.54, 1.807) is 18.2 Å². The molecule has 1 heterocycles. The molecule has 26 heavy (non-hydrogen) atoms. The van der Waals surface area contributed by atoms with Crippen molar-refractivity contribution in [3.63, 3.8) is 0 Å². The number of rotatable bonds is 7. The van der Waals surface area contributed by atoms with Gasteiger partial charge in [0.25, 0.3) is 0 Å². The topological polar surface area (TPSA) is 68.0 Å². The Morgan fingerprint density at radius 3 is 2.73 bits per heavy atom. The van der Waals surface area contributed by atoms with Gasteiger partial charge in [-0.2, -0.15) is 4.98 Å². The van der Waals surface area contributed by atoms with E-state index in [0.29, 0.717) is 34.6 Å². The quantitative estimate of drug-likeness (QED) is 0.657. The number of carbonyl (C=O) groups excluding carboxylic acids is 1. The second-order valence-corrected chi connectivity index (χ2v) is 6.77. The Morgan fingerprint density at radius 1 is 1.19 bits per heavy atom. The lowest BCUT2D eigenvalue weighted by Gasteiger charge is -2.06. The van der Waals surface area contributed by atoms with E-state index in [2.05, 4.69) is 15.5 Å². The van der Waals surface area contributed by atoms with Crippen LogP contribution < -0.4 is 5.32 Å². The summed E-state index contributed by atoms with van der Waals surface area (Å²) in [7, 11) is 0. The monoisotopic (exact) mass is 391 g/mol. The van der Waals surface area contributed by atoms with E-state index >= 15 is 0 Å². The maximum atomic E-state index is 12.9. The first-order chi connectivity index (χ1) is 12.6. The van der Waals surface area contributed by atoms with E-state index in [4.69, 9.17) is 16.1 Å². The average Bonchev–Trinajstić information content (AvgIpc) is 3.10. The van der Waals surface area contributed by atoms with Crippen LogP contribution in [0.1, 0.15) is 11.5 Å². The third kappa shape index (κ3) is 5.06. The van der Waals surface area contributed by atoms with Crippen molar-refractivity contribution in [2.75, 3.05) is 5.75 Å². The van der Waals surface area contributed by atoms with Crippen LogP contribution in [0.2, 0.25) is 5.02 Å². The van der Waals surface area contributed by atoms with Gasteiger partial charge in [0.15, 0.2) is 0 Å². The normalized spacial score (nSPS) is 10.7. The van der Waals surface area contributed by atoms with E-state index in [-0.39, 0.29) is 17.5 Å². The minimum atomic E-state index is -0.323. The summed E-state index contributed by atoms with van der Waals surface area (Å²) in [6, 6.07) is 13.2. The van der Waals surface area contributed by atoms with Crippen LogP contribution >= 0.6 is 23.4 Å². The fourth-order valence-corrected chi connectivity index (χ4v) is 3.03. The molecule has 8 heteroatoms. The fourth-order valence-electron chi connectivity index (χ4n) is 2.15. The number of hydrogen-bond donors (Lipinski definition) is 1. The lowest BCUT2D eigenvalue weighted by molar-refractivity contribution is -0.118. The number of benzene rings is 2. The molecule has 0 fully saturated rings. The van der Waals surface area contributed by atoms with Crippen molar-refractivity contribution in [2.24, 2.45) is 0 Å². The molecule has 0 bridgehead atoms. The third-order valence-electron chi connectivity index (χ3n) is 3.46. The molecule has 0 saturated heterocycles. The summed E-state index contributed by atoms with van der Waals surface area (Å²) < 4.78 is 18.1. The Hall–Kier alpha value is -2.38. The van der Waals surface area contributed by atoms with Crippen LogP contribution in [-0.2, 0) is 17.1 Å². The second kappa shape index (κ2) is 8.82. The minimum Gasteiger partial charge on any atom is -0.351 e. The molecule has 3 rings (SSSR count). The van der Waals surface area contributed by atoms with Crippen LogP contribution in [0.3, 0.4) is 0 Å². The van der Waals surface area contributed by atoms with Gasteiger partial charge in [-0.3, -0.25) is 4.79 Å². The molecule has 0 radical (unpaired) electrons. The van der Waals surface area contributed by atoms with Gasteiger partial charge in [-0.1, -0.05) is 35.0 Å². The summed E-state index contributed by atoms with van der Waals surface area (Å²) in [5, 5.41) is 7.30. The first-order valence-electron chi connectivity index (χ1n) is 7.78. The van der Waals surface area contributed by atoms with Crippen molar-refractivity contribution in [3.8, 4) is 11.4 Å². The van der Waals surface area contributed by atoms with E-state index in [1.165, 1.54) is 23.9 Å². The number of nitrogens with one attached hydrogen (secondary N) is 1. The Bertz CT molecular complexity index is 886. The largest absolute Gasteiger partial charge is 0.351 e. The molecular formula is C18H15ClFN3O2S. The van der Waals surface area contributed by atoms with Crippen LogP contribution in [0.25, 0.3) is 11.4 Å². The predicted molar refractivity (Wildman–Crippen MR) is 99.2 cm³/mol. The first-order valence-corrected chi connectivity index (χ1v) is 9.31. The SMILES string of the molecule is O=C(CSCc1nc(-c2ccc(F)cc2)no1)NCc1ccccc1Cl. The van der Waals surface area contributed by atoms with Crippen molar-refractivity contribution in [3.05, 3.63) is 70.8 Å². The van der Waals surface area contributed by atoms with Gasteiger partial charge in [-0.05, 0) is 35.9 Å². The van der Waals surface area contributed by atoms with Crippen LogP contribution in [-0.4, -0.2) is 21.8 Å². The van der Waals surface area contributed by atoms with Crippen LogP contribution in [0, 0.1) is 5.82 Å². The zero-order valence-corrected chi connectivity index (χ0v) is 15.2. The summed E-state index contributed by atoms with van der Waals surface area (Å²) in [6.07, 6.45) is 0. The third-order valence-corrected chi connectivity index (χ3v) is 4.75. The second-order valence-electron chi connectivity index (χ2n) is 5.38. The summed E-state index contributed by atoms with van der Waals surface area (Å²) in [5.74, 6) is 1.05. The highest BCUT2D eigenvalue weighted by molar-refractivity contribution is 7.99. The van der Waals surface area contributed by atoms with Crippen molar-refractivity contribution in [1.29, 1.82) is 0 Å². The zero-order chi connectivity index (χ0) is 18.4. The maximum absolute atomic E-state index is 12.9. The van der Waals surface area contributed by atoms with Crippen molar-refractivity contribution in [1.82, 2.24) is 15.5 Å². The summed E-state index contributed by atoms with van der Waals surface area (Å²) in [5.41, 5.74) is 1.54. The van der Waals surface area contributed by atoms with Gasteiger partial charge >= 0.3 is 0 Å². The molecule has 2 aromatic carbocycles.